The molecule has 4 rings (SSSR count). The molecule has 3 aliphatic rings. The average Bonchev–Trinajstić information content (AvgIpc) is 3.22. The lowest BCUT2D eigenvalue weighted by Crippen LogP contribution is -2.56. The minimum Gasteiger partial charge on any atom is -0.495 e. The molecular weight excluding hydrogens is 298 g/mol. The number of ether oxygens (including phenoxy) is 1. The van der Waals surface area contributed by atoms with Crippen LogP contribution < -0.4 is 10.6 Å². The Morgan fingerprint density at radius 3 is 2.70 bits per heavy atom. The quantitative estimate of drug-likeness (QED) is 0.797. The lowest BCUT2D eigenvalue weighted by molar-refractivity contribution is -0.124. The third kappa shape index (κ3) is 2.00. The predicted molar refractivity (Wildman–Crippen MR) is 79.2 cm³/mol. The zero-order valence-electron chi connectivity index (χ0n) is 12.3. The first-order valence-corrected chi connectivity index (χ1v) is 7.44. The van der Waals surface area contributed by atoms with E-state index in [1.54, 1.807) is 17.0 Å². The number of nitrogens with one attached hydrogen (secondary N) is 2. The third-order valence-electron chi connectivity index (χ3n) is 4.39. The number of carbonyl (C=O) groups is 3. The van der Waals surface area contributed by atoms with Gasteiger partial charge in [0.15, 0.2) is 5.54 Å². The van der Waals surface area contributed by atoms with E-state index in [2.05, 4.69) is 10.6 Å². The molecule has 1 fully saturated rings. The molecule has 7 heteroatoms. The molecule has 1 atom stereocenters. The summed E-state index contributed by atoms with van der Waals surface area (Å²) in [6.07, 6.45) is 2.47. The van der Waals surface area contributed by atoms with Crippen molar-refractivity contribution in [2.75, 3.05) is 13.2 Å². The van der Waals surface area contributed by atoms with E-state index in [4.69, 9.17) is 4.74 Å². The van der Waals surface area contributed by atoms with Gasteiger partial charge < -0.3 is 15.0 Å². The summed E-state index contributed by atoms with van der Waals surface area (Å²) < 4.78 is 5.53. The summed E-state index contributed by atoms with van der Waals surface area (Å²) in [4.78, 5) is 38.2. The Hall–Kier alpha value is -2.83. The monoisotopic (exact) mass is 313 g/mol. The van der Waals surface area contributed by atoms with Crippen LogP contribution in [0.25, 0.3) is 0 Å². The molecule has 0 aromatic heterocycles. The number of imide groups is 1. The van der Waals surface area contributed by atoms with Gasteiger partial charge in [0, 0.05) is 18.5 Å². The van der Waals surface area contributed by atoms with Crippen molar-refractivity contribution < 1.29 is 19.1 Å². The topological polar surface area (TPSA) is 87.7 Å². The maximum atomic E-state index is 12.6. The normalized spacial score (nSPS) is 25.8. The highest BCUT2D eigenvalue weighted by Gasteiger charge is 2.53. The second-order valence-electron chi connectivity index (χ2n) is 5.84. The first-order valence-electron chi connectivity index (χ1n) is 7.44. The molecule has 1 aromatic carbocycles. The molecule has 1 saturated heterocycles. The van der Waals surface area contributed by atoms with E-state index in [0.717, 1.165) is 5.56 Å². The van der Waals surface area contributed by atoms with Crippen LogP contribution in [0.4, 0.5) is 4.79 Å². The Morgan fingerprint density at radius 1 is 1.22 bits per heavy atom. The molecule has 0 unspecified atom stereocenters. The Bertz CT molecular complexity index is 757. The largest absolute Gasteiger partial charge is 0.495 e. The summed E-state index contributed by atoms with van der Waals surface area (Å²) in [6, 6.07) is 6.76. The molecule has 0 saturated carbocycles. The average molecular weight is 313 g/mol. The number of urea groups is 1. The number of hydrogen-bond acceptors (Lipinski definition) is 4. The van der Waals surface area contributed by atoms with Gasteiger partial charge in [-0.05, 0) is 17.7 Å². The van der Waals surface area contributed by atoms with Crippen LogP contribution in [0.2, 0.25) is 0 Å². The Morgan fingerprint density at radius 2 is 2.04 bits per heavy atom. The summed E-state index contributed by atoms with van der Waals surface area (Å²) in [5, 5.41) is 4.89. The molecule has 0 bridgehead atoms. The van der Waals surface area contributed by atoms with Gasteiger partial charge in [-0.15, -0.1) is 0 Å². The molecule has 4 amide bonds. The van der Waals surface area contributed by atoms with Gasteiger partial charge in [-0.2, -0.15) is 0 Å². The van der Waals surface area contributed by atoms with Crippen LogP contribution in [0.5, 0.6) is 0 Å². The maximum Gasteiger partial charge on any atom is 0.322 e. The van der Waals surface area contributed by atoms with Gasteiger partial charge >= 0.3 is 6.03 Å². The Kier molecular flexibility index (Phi) is 2.90. The van der Waals surface area contributed by atoms with Crippen molar-refractivity contribution >= 4 is 17.8 Å². The summed E-state index contributed by atoms with van der Waals surface area (Å²) in [6.45, 7) is 0.922. The van der Waals surface area contributed by atoms with Gasteiger partial charge in [0.25, 0.3) is 11.8 Å². The van der Waals surface area contributed by atoms with Crippen LogP contribution >= 0.6 is 0 Å². The van der Waals surface area contributed by atoms with Gasteiger partial charge in [-0.25, -0.2) is 4.79 Å². The fraction of sp³-hybridized carbons (Fsp3) is 0.312. The molecule has 0 aliphatic carbocycles. The summed E-state index contributed by atoms with van der Waals surface area (Å²) in [5.74, 6) is -0.225. The number of rotatable bonds is 3. The minimum absolute atomic E-state index is 0.0456. The van der Waals surface area contributed by atoms with E-state index in [0.29, 0.717) is 30.9 Å². The standard InChI is InChI=1S/C16H15N3O4/c20-13-11-5-2-1-4-10(11)8-19(13)9-16(12-6-3-7-23-12)14(21)17-15(22)18-16/h1-2,4-6H,3,7-9H2,(H2,17,18,21,22)/t16-/m0/s1. The van der Waals surface area contributed by atoms with E-state index < -0.39 is 17.5 Å². The number of nitrogens with zero attached hydrogens (tertiary/aromatic N) is 1. The summed E-state index contributed by atoms with van der Waals surface area (Å²) in [5.41, 5.74) is 0.207. The molecule has 7 nitrogen and oxygen atoms in total. The van der Waals surface area contributed by atoms with Crippen LogP contribution in [-0.2, 0) is 16.1 Å². The first kappa shape index (κ1) is 13.8. The van der Waals surface area contributed by atoms with Crippen molar-refractivity contribution in [2.24, 2.45) is 0 Å². The highest BCUT2D eigenvalue weighted by atomic mass is 16.5. The number of fused-ring (bicyclic) bond motifs is 1. The molecule has 3 heterocycles. The number of benzene rings is 1. The van der Waals surface area contributed by atoms with Gasteiger partial charge in [0.05, 0.1) is 13.2 Å². The maximum absolute atomic E-state index is 12.6. The molecular formula is C16H15N3O4. The Balaban J connectivity index is 1.67. The molecule has 0 radical (unpaired) electrons. The number of carbonyl (C=O) groups excluding carboxylic acids is 3. The molecule has 118 valence electrons. The van der Waals surface area contributed by atoms with E-state index in [-0.39, 0.29) is 12.5 Å². The lowest BCUT2D eigenvalue weighted by Gasteiger charge is -2.31. The van der Waals surface area contributed by atoms with Crippen LogP contribution in [-0.4, -0.2) is 41.4 Å². The second-order valence-corrected chi connectivity index (χ2v) is 5.84. The van der Waals surface area contributed by atoms with Gasteiger partial charge in [-0.3, -0.25) is 14.9 Å². The van der Waals surface area contributed by atoms with E-state index in [9.17, 15) is 14.4 Å². The third-order valence-corrected chi connectivity index (χ3v) is 4.39. The fourth-order valence-corrected chi connectivity index (χ4v) is 3.30. The molecule has 23 heavy (non-hydrogen) atoms. The lowest BCUT2D eigenvalue weighted by atomic mass is 9.96. The van der Waals surface area contributed by atoms with Crippen molar-refractivity contribution in [3.63, 3.8) is 0 Å². The first-order chi connectivity index (χ1) is 11.1. The zero-order valence-corrected chi connectivity index (χ0v) is 12.3. The molecule has 3 aliphatic heterocycles. The van der Waals surface area contributed by atoms with Crippen LogP contribution in [0.3, 0.4) is 0 Å². The SMILES string of the molecule is O=C1NC(=O)[C@](CN2Cc3ccccc3C2=O)(C2=CCCO2)N1. The van der Waals surface area contributed by atoms with Gasteiger partial charge in [0.2, 0.25) is 0 Å². The van der Waals surface area contributed by atoms with Crippen LogP contribution in [0, 0.1) is 0 Å². The van der Waals surface area contributed by atoms with Crippen LogP contribution in [0.15, 0.2) is 36.1 Å². The van der Waals surface area contributed by atoms with Crippen molar-refractivity contribution in [1.82, 2.24) is 15.5 Å². The second kappa shape index (κ2) is 4.84. The zero-order chi connectivity index (χ0) is 16.0. The van der Waals surface area contributed by atoms with E-state index >= 15 is 0 Å². The number of hydrogen-bond donors (Lipinski definition) is 2. The number of amides is 4. The van der Waals surface area contributed by atoms with Crippen LogP contribution in [0.1, 0.15) is 22.3 Å². The van der Waals surface area contributed by atoms with Gasteiger partial charge in [-0.1, -0.05) is 18.2 Å². The highest BCUT2D eigenvalue weighted by Crippen LogP contribution is 2.31. The van der Waals surface area contributed by atoms with Crippen molar-refractivity contribution in [2.45, 2.75) is 18.5 Å². The van der Waals surface area contributed by atoms with Gasteiger partial charge in [0.1, 0.15) is 5.76 Å². The molecule has 2 N–H and O–H groups in total. The smallest absolute Gasteiger partial charge is 0.322 e. The van der Waals surface area contributed by atoms with Crippen molar-refractivity contribution in [3.8, 4) is 0 Å². The molecule has 0 spiro atoms. The molecule has 1 aromatic rings. The summed E-state index contributed by atoms with van der Waals surface area (Å²) >= 11 is 0. The summed E-state index contributed by atoms with van der Waals surface area (Å²) in [7, 11) is 0. The minimum atomic E-state index is -1.34. The van der Waals surface area contributed by atoms with Crippen molar-refractivity contribution in [1.29, 1.82) is 0 Å². The van der Waals surface area contributed by atoms with E-state index in [1.807, 2.05) is 18.2 Å². The Labute approximate surface area is 132 Å². The predicted octanol–water partition coefficient (Wildman–Crippen LogP) is 0.525. The highest BCUT2D eigenvalue weighted by molar-refractivity contribution is 6.09. The van der Waals surface area contributed by atoms with E-state index in [1.165, 1.54) is 0 Å². The fourth-order valence-electron chi connectivity index (χ4n) is 3.30. The van der Waals surface area contributed by atoms with Crippen molar-refractivity contribution in [3.05, 3.63) is 47.2 Å².